The number of hydrogen-bond donors (Lipinski definition) is 1. The second kappa shape index (κ2) is 7.23. The van der Waals surface area contributed by atoms with Crippen LogP contribution in [0.1, 0.15) is 53.4 Å². The van der Waals surface area contributed by atoms with Crippen LogP contribution in [0, 0.1) is 10.1 Å². The number of nitro benzene ring substituents is 1. The molecular weight excluding hydrogens is 352 g/mol. The van der Waals surface area contributed by atoms with Crippen LogP contribution in [0.5, 0.6) is 0 Å². The molecule has 2 aromatic rings. The van der Waals surface area contributed by atoms with Crippen LogP contribution in [-0.2, 0) is 0 Å². The molecule has 0 aliphatic heterocycles. The van der Waals surface area contributed by atoms with Crippen molar-refractivity contribution < 1.29 is 9.72 Å². The largest absolute Gasteiger partial charge is 0.296 e. The minimum atomic E-state index is -0.570. The lowest BCUT2D eigenvalue weighted by atomic mass is 9.90. The molecule has 9 heteroatoms. The summed E-state index contributed by atoms with van der Waals surface area (Å²) in [4.78, 5) is 22.6. The molecule has 0 bridgehead atoms. The molecule has 1 N–H and O–H groups in total. The zero-order chi connectivity index (χ0) is 17.1. The SMILES string of the molecule is O=C(Nc1nnc(C2CCCCC2)s1)c1cc([N+](=O)[O-])ccc1Cl. The van der Waals surface area contributed by atoms with Crippen molar-refractivity contribution in [2.75, 3.05) is 5.32 Å². The van der Waals surface area contributed by atoms with E-state index in [-0.39, 0.29) is 16.3 Å². The Bertz CT molecular complexity index is 774. The number of non-ortho nitro benzene ring substituents is 1. The van der Waals surface area contributed by atoms with Gasteiger partial charge in [-0.3, -0.25) is 20.2 Å². The van der Waals surface area contributed by atoms with Crippen LogP contribution in [0.15, 0.2) is 18.2 Å². The number of nitrogens with one attached hydrogen (secondary N) is 1. The monoisotopic (exact) mass is 366 g/mol. The standard InChI is InChI=1S/C15H15ClN4O3S/c16-12-7-6-10(20(22)23)8-11(12)13(21)17-15-19-18-14(24-15)9-4-2-1-3-5-9/h6-9H,1-5H2,(H,17,19,21). The van der Waals surface area contributed by atoms with E-state index in [2.05, 4.69) is 15.5 Å². The second-order valence-corrected chi connectivity index (χ2v) is 7.07. The fraction of sp³-hybridized carbons (Fsp3) is 0.400. The number of rotatable bonds is 4. The Morgan fingerprint density at radius 1 is 1.29 bits per heavy atom. The average molecular weight is 367 g/mol. The Kier molecular flexibility index (Phi) is 5.06. The normalized spacial score (nSPS) is 15.2. The zero-order valence-corrected chi connectivity index (χ0v) is 14.3. The fourth-order valence-electron chi connectivity index (χ4n) is 2.76. The van der Waals surface area contributed by atoms with Crippen molar-refractivity contribution in [2.45, 2.75) is 38.0 Å². The van der Waals surface area contributed by atoms with Crippen LogP contribution in [0.4, 0.5) is 10.8 Å². The van der Waals surface area contributed by atoms with E-state index in [1.807, 2.05) is 0 Å². The topological polar surface area (TPSA) is 98.0 Å². The highest BCUT2D eigenvalue weighted by molar-refractivity contribution is 7.15. The summed E-state index contributed by atoms with van der Waals surface area (Å²) in [5.41, 5.74) is -0.148. The van der Waals surface area contributed by atoms with Crippen molar-refractivity contribution in [3.8, 4) is 0 Å². The second-order valence-electron chi connectivity index (χ2n) is 5.66. The van der Waals surface area contributed by atoms with Gasteiger partial charge in [-0.15, -0.1) is 10.2 Å². The first-order valence-corrected chi connectivity index (χ1v) is 8.82. The van der Waals surface area contributed by atoms with Gasteiger partial charge in [0.25, 0.3) is 11.6 Å². The van der Waals surface area contributed by atoms with Gasteiger partial charge in [-0.2, -0.15) is 0 Å². The Morgan fingerprint density at radius 2 is 2.04 bits per heavy atom. The third-order valence-corrected chi connectivity index (χ3v) is 5.35. The smallest absolute Gasteiger partial charge is 0.270 e. The minimum absolute atomic E-state index is 0.0419. The molecule has 1 aliphatic rings. The number of benzene rings is 1. The van der Waals surface area contributed by atoms with E-state index in [1.54, 1.807) is 0 Å². The van der Waals surface area contributed by atoms with Gasteiger partial charge in [0.1, 0.15) is 5.01 Å². The molecule has 1 fully saturated rings. The van der Waals surface area contributed by atoms with Crippen LogP contribution in [0.25, 0.3) is 0 Å². The van der Waals surface area contributed by atoms with Gasteiger partial charge in [-0.05, 0) is 18.9 Å². The summed E-state index contributed by atoms with van der Waals surface area (Å²) in [6, 6.07) is 3.74. The highest BCUT2D eigenvalue weighted by Crippen LogP contribution is 2.35. The van der Waals surface area contributed by atoms with Crippen LogP contribution in [0.2, 0.25) is 5.02 Å². The molecule has 24 heavy (non-hydrogen) atoms. The quantitative estimate of drug-likeness (QED) is 0.638. The number of halogens is 1. The molecule has 1 aliphatic carbocycles. The predicted octanol–water partition coefficient (Wildman–Crippen LogP) is 4.40. The number of hydrogen-bond acceptors (Lipinski definition) is 6. The van der Waals surface area contributed by atoms with Gasteiger partial charge in [0, 0.05) is 18.1 Å². The molecule has 1 aromatic heterocycles. The molecule has 1 amide bonds. The molecule has 1 heterocycles. The van der Waals surface area contributed by atoms with Crippen molar-refractivity contribution in [1.29, 1.82) is 0 Å². The number of aromatic nitrogens is 2. The Morgan fingerprint density at radius 3 is 2.75 bits per heavy atom. The van der Waals surface area contributed by atoms with E-state index < -0.39 is 10.8 Å². The van der Waals surface area contributed by atoms with E-state index >= 15 is 0 Å². The van der Waals surface area contributed by atoms with E-state index in [1.165, 1.54) is 42.7 Å². The van der Waals surface area contributed by atoms with Gasteiger partial charge in [-0.25, -0.2) is 0 Å². The van der Waals surface area contributed by atoms with Crippen LogP contribution in [-0.4, -0.2) is 21.0 Å². The van der Waals surface area contributed by atoms with Crippen molar-refractivity contribution in [1.82, 2.24) is 10.2 Å². The fourth-order valence-corrected chi connectivity index (χ4v) is 3.88. The van der Waals surface area contributed by atoms with E-state index in [4.69, 9.17) is 11.6 Å². The van der Waals surface area contributed by atoms with Crippen LogP contribution >= 0.6 is 22.9 Å². The Balaban J connectivity index is 1.74. The maximum absolute atomic E-state index is 12.3. The van der Waals surface area contributed by atoms with Gasteiger partial charge in [0.05, 0.1) is 15.5 Å². The number of nitro groups is 1. The molecule has 1 aromatic carbocycles. The number of carbonyl (C=O) groups is 1. The maximum atomic E-state index is 12.3. The molecule has 1 saturated carbocycles. The van der Waals surface area contributed by atoms with Crippen molar-refractivity contribution >= 4 is 39.7 Å². The minimum Gasteiger partial charge on any atom is -0.296 e. The molecule has 126 valence electrons. The van der Waals surface area contributed by atoms with Crippen molar-refractivity contribution in [3.05, 3.63) is 43.9 Å². The third kappa shape index (κ3) is 3.70. The van der Waals surface area contributed by atoms with Gasteiger partial charge in [-0.1, -0.05) is 42.2 Å². The summed E-state index contributed by atoms with van der Waals surface area (Å²) in [5.74, 6) is -0.127. The molecule has 0 unspecified atom stereocenters. The third-order valence-electron chi connectivity index (χ3n) is 4.02. The van der Waals surface area contributed by atoms with Crippen molar-refractivity contribution in [2.24, 2.45) is 0 Å². The summed E-state index contributed by atoms with van der Waals surface area (Å²) in [7, 11) is 0. The molecule has 3 rings (SSSR count). The van der Waals surface area contributed by atoms with Crippen LogP contribution in [0.3, 0.4) is 0 Å². The zero-order valence-electron chi connectivity index (χ0n) is 12.7. The summed E-state index contributed by atoms with van der Waals surface area (Å²) in [6.45, 7) is 0. The highest BCUT2D eigenvalue weighted by Gasteiger charge is 2.21. The first kappa shape index (κ1) is 16.8. The predicted molar refractivity (Wildman–Crippen MR) is 91.8 cm³/mol. The number of amides is 1. The lowest BCUT2D eigenvalue weighted by Crippen LogP contribution is -2.12. The molecule has 0 saturated heterocycles. The van der Waals surface area contributed by atoms with Gasteiger partial charge >= 0.3 is 0 Å². The number of carbonyl (C=O) groups excluding carboxylic acids is 1. The van der Waals surface area contributed by atoms with E-state index in [9.17, 15) is 14.9 Å². The molecular formula is C15H15ClN4O3S. The first-order chi connectivity index (χ1) is 11.5. The summed E-state index contributed by atoms with van der Waals surface area (Å²) in [5, 5.41) is 23.1. The van der Waals surface area contributed by atoms with Crippen LogP contribution < -0.4 is 5.32 Å². The van der Waals surface area contributed by atoms with E-state index in [0.717, 1.165) is 23.9 Å². The summed E-state index contributed by atoms with van der Waals surface area (Å²) >= 11 is 7.32. The molecule has 0 atom stereocenters. The Hall–Kier alpha value is -2.06. The summed E-state index contributed by atoms with van der Waals surface area (Å²) < 4.78 is 0. The molecule has 7 nitrogen and oxygen atoms in total. The van der Waals surface area contributed by atoms with Gasteiger partial charge in [0.15, 0.2) is 0 Å². The maximum Gasteiger partial charge on any atom is 0.270 e. The first-order valence-electron chi connectivity index (χ1n) is 7.63. The lowest BCUT2D eigenvalue weighted by molar-refractivity contribution is -0.384. The lowest BCUT2D eigenvalue weighted by Gasteiger charge is -2.18. The highest BCUT2D eigenvalue weighted by atomic mass is 35.5. The Labute approximate surface area is 147 Å². The van der Waals surface area contributed by atoms with Crippen molar-refractivity contribution in [3.63, 3.8) is 0 Å². The van der Waals surface area contributed by atoms with Gasteiger partial charge in [0.2, 0.25) is 5.13 Å². The molecule has 0 radical (unpaired) electrons. The van der Waals surface area contributed by atoms with E-state index in [0.29, 0.717) is 11.0 Å². The van der Waals surface area contributed by atoms with Gasteiger partial charge < -0.3 is 0 Å². The average Bonchev–Trinajstić information content (AvgIpc) is 3.04. The molecule has 0 spiro atoms. The number of nitrogens with zero attached hydrogens (tertiary/aromatic N) is 3. The number of anilines is 1. The summed E-state index contributed by atoms with van der Waals surface area (Å²) in [6.07, 6.45) is 5.83.